The van der Waals surface area contributed by atoms with Crippen molar-refractivity contribution < 1.29 is 4.79 Å². The van der Waals surface area contributed by atoms with E-state index >= 15 is 0 Å². The van der Waals surface area contributed by atoms with Crippen LogP contribution in [0, 0.1) is 20.8 Å². The lowest BCUT2D eigenvalue weighted by Crippen LogP contribution is -2.09. The normalized spacial score (nSPS) is 10.9. The monoisotopic (exact) mass is 246 g/mol. The number of nitrogens with zero attached hydrogens (tertiary/aromatic N) is 4. The van der Waals surface area contributed by atoms with Crippen molar-refractivity contribution in [3.05, 3.63) is 34.4 Å². The highest BCUT2D eigenvalue weighted by molar-refractivity contribution is 5.96. The minimum atomic E-state index is 0.0671. The van der Waals surface area contributed by atoms with E-state index in [1.54, 1.807) is 6.92 Å². The van der Waals surface area contributed by atoms with Crippen molar-refractivity contribution >= 4 is 5.78 Å². The third-order valence-electron chi connectivity index (χ3n) is 3.14. The maximum atomic E-state index is 11.6. The molecule has 0 aliphatic rings. The van der Waals surface area contributed by atoms with Gasteiger partial charge in [-0.05, 0) is 33.8 Å². The van der Waals surface area contributed by atoms with E-state index in [0.29, 0.717) is 6.54 Å². The zero-order valence-electron chi connectivity index (χ0n) is 11.5. The molecule has 0 saturated carbocycles. The van der Waals surface area contributed by atoms with Crippen molar-refractivity contribution in [1.29, 1.82) is 0 Å². The molecule has 18 heavy (non-hydrogen) atoms. The Hall–Kier alpha value is -1.91. The molecular formula is C13H18N4O. The molecule has 0 aromatic carbocycles. The van der Waals surface area contributed by atoms with Crippen molar-refractivity contribution in [3.63, 3.8) is 0 Å². The van der Waals surface area contributed by atoms with Gasteiger partial charge in [0.15, 0.2) is 5.78 Å². The molecule has 0 N–H and O–H groups in total. The summed E-state index contributed by atoms with van der Waals surface area (Å²) in [6, 6.07) is 2.03. The summed E-state index contributed by atoms with van der Waals surface area (Å²) in [5.74, 6) is 0.0671. The van der Waals surface area contributed by atoms with Gasteiger partial charge in [-0.15, -0.1) is 0 Å². The quantitative estimate of drug-likeness (QED) is 0.776. The van der Waals surface area contributed by atoms with Crippen LogP contribution in [0.3, 0.4) is 0 Å². The molecular weight excluding hydrogens is 228 g/mol. The Morgan fingerprint density at radius 3 is 2.39 bits per heavy atom. The molecule has 2 rings (SSSR count). The molecule has 2 heterocycles. The van der Waals surface area contributed by atoms with Crippen LogP contribution in [-0.2, 0) is 13.6 Å². The van der Waals surface area contributed by atoms with Crippen LogP contribution in [0.1, 0.15) is 40.1 Å². The predicted octanol–water partition coefficient (Wildman–Crippen LogP) is 1.79. The highest BCUT2D eigenvalue weighted by atomic mass is 16.1. The average molecular weight is 246 g/mol. The number of ketones is 1. The van der Waals surface area contributed by atoms with Gasteiger partial charge in [0.05, 0.1) is 29.2 Å². The Morgan fingerprint density at radius 1 is 1.28 bits per heavy atom. The molecule has 96 valence electrons. The number of aryl methyl sites for hydroxylation is 3. The molecule has 0 unspecified atom stereocenters. The van der Waals surface area contributed by atoms with Crippen LogP contribution in [0.2, 0.25) is 0 Å². The second-order valence-corrected chi connectivity index (χ2v) is 4.66. The molecule has 0 saturated heterocycles. The zero-order valence-corrected chi connectivity index (χ0v) is 11.5. The highest BCUT2D eigenvalue weighted by Crippen LogP contribution is 2.15. The number of rotatable bonds is 3. The molecule has 0 atom stereocenters. The minimum absolute atomic E-state index is 0.0671. The van der Waals surface area contributed by atoms with Gasteiger partial charge in [0.2, 0.25) is 0 Å². The van der Waals surface area contributed by atoms with E-state index < -0.39 is 0 Å². The molecule has 2 aromatic rings. The fraction of sp³-hybridized carbons (Fsp3) is 0.462. The summed E-state index contributed by atoms with van der Waals surface area (Å²) in [6.45, 7) is 7.98. The smallest absolute Gasteiger partial charge is 0.163 e. The van der Waals surface area contributed by atoms with E-state index in [1.165, 1.54) is 0 Å². The van der Waals surface area contributed by atoms with Gasteiger partial charge in [-0.25, -0.2) is 0 Å². The van der Waals surface area contributed by atoms with Gasteiger partial charge in [-0.2, -0.15) is 10.2 Å². The molecule has 0 bridgehead atoms. The number of hydrogen-bond acceptors (Lipinski definition) is 3. The van der Waals surface area contributed by atoms with E-state index in [0.717, 1.165) is 28.3 Å². The zero-order chi connectivity index (χ0) is 13.4. The number of hydrogen-bond donors (Lipinski definition) is 0. The minimum Gasteiger partial charge on any atom is -0.294 e. The Bertz CT molecular complexity index is 607. The first kappa shape index (κ1) is 12.5. The lowest BCUT2D eigenvalue weighted by atomic mass is 10.1. The summed E-state index contributed by atoms with van der Waals surface area (Å²) in [5.41, 5.74) is 4.50. The van der Waals surface area contributed by atoms with Crippen LogP contribution in [0.25, 0.3) is 0 Å². The van der Waals surface area contributed by atoms with Crippen molar-refractivity contribution in [2.75, 3.05) is 0 Å². The van der Waals surface area contributed by atoms with Crippen LogP contribution < -0.4 is 0 Å². The average Bonchev–Trinajstić information content (AvgIpc) is 2.69. The maximum Gasteiger partial charge on any atom is 0.163 e. The first-order valence-corrected chi connectivity index (χ1v) is 5.94. The molecule has 0 radical (unpaired) electrons. The number of carbonyl (C=O) groups excluding carboxylic acids is 1. The van der Waals surface area contributed by atoms with Gasteiger partial charge in [-0.1, -0.05) is 0 Å². The van der Waals surface area contributed by atoms with Crippen molar-refractivity contribution in [2.45, 2.75) is 34.2 Å². The van der Waals surface area contributed by atoms with Crippen molar-refractivity contribution in [3.8, 4) is 0 Å². The Morgan fingerprint density at radius 2 is 1.94 bits per heavy atom. The van der Waals surface area contributed by atoms with Gasteiger partial charge in [0.25, 0.3) is 0 Å². The standard InChI is InChI=1S/C13H18N4O/c1-8-6-12(16(5)14-8)7-17-10(3)13(11(4)18)9(2)15-17/h6H,7H2,1-5H3. The van der Waals surface area contributed by atoms with Crippen LogP contribution >= 0.6 is 0 Å². The molecule has 5 nitrogen and oxygen atoms in total. The Kier molecular flexibility index (Phi) is 3.07. The predicted molar refractivity (Wildman–Crippen MR) is 68.8 cm³/mol. The Labute approximate surface area is 106 Å². The van der Waals surface area contributed by atoms with Crippen LogP contribution in [0.5, 0.6) is 0 Å². The molecule has 0 fully saturated rings. The van der Waals surface area contributed by atoms with Gasteiger partial charge in [0.1, 0.15) is 0 Å². The van der Waals surface area contributed by atoms with Crippen LogP contribution in [-0.4, -0.2) is 25.3 Å². The summed E-state index contributed by atoms with van der Waals surface area (Å²) < 4.78 is 3.71. The van der Waals surface area contributed by atoms with Crippen LogP contribution in [0.15, 0.2) is 6.07 Å². The van der Waals surface area contributed by atoms with E-state index in [9.17, 15) is 4.79 Å². The van der Waals surface area contributed by atoms with Gasteiger partial charge in [-0.3, -0.25) is 14.2 Å². The summed E-state index contributed by atoms with van der Waals surface area (Å²) >= 11 is 0. The third kappa shape index (κ3) is 2.08. The summed E-state index contributed by atoms with van der Waals surface area (Å²) in [7, 11) is 1.92. The summed E-state index contributed by atoms with van der Waals surface area (Å²) in [6.07, 6.45) is 0. The fourth-order valence-corrected chi connectivity index (χ4v) is 2.33. The molecule has 0 spiro atoms. The van der Waals surface area contributed by atoms with Gasteiger partial charge >= 0.3 is 0 Å². The van der Waals surface area contributed by atoms with E-state index in [2.05, 4.69) is 10.2 Å². The second kappa shape index (κ2) is 4.40. The molecule has 0 aliphatic carbocycles. The van der Waals surface area contributed by atoms with Gasteiger partial charge in [0, 0.05) is 12.7 Å². The third-order valence-corrected chi connectivity index (χ3v) is 3.14. The molecule has 0 amide bonds. The van der Waals surface area contributed by atoms with Gasteiger partial charge < -0.3 is 0 Å². The number of aromatic nitrogens is 4. The molecule has 2 aromatic heterocycles. The number of carbonyl (C=O) groups is 1. The molecule has 5 heteroatoms. The SMILES string of the molecule is CC(=O)c1c(C)nn(Cc2cc(C)nn2C)c1C. The summed E-state index contributed by atoms with van der Waals surface area (Å²) in [4.78, 5) is 11.6. The lowest BCUT2D eigenvalue weighted by Gasteiger charge is -2.05. The Balaban J connectivity index is 2.39. The summed E-state index contributed by atoms with van der Waals surface area (Å²) in [5, 5.41) is 8.74. The van der Waals surface area contributed by atoms with Crippen molar-refractivity contribution in [1.82, 2.24) is 19.6 Å². The maximum absolute atomic E-state index is 11.6. The van der Waals surface area contributed by atoms with Crippen molar-refractivity contribution in [2.24, 2.45) is 7.05 Å². The molecule has 0 aliphatic heterocycles. The van der Waals surface area contributed by atoms with E-state index in [1.807, 2.05) is 43.2 Å². The second-order valence-electron chi connectivity index (χ2n) is 4.66. The number of Topliss-reactive ketones (excluding diaryl/α,β-unsaturated/α-hetero) is 1. The first-order valence-electron chi connectivity index (χ1n) is 5.94. The van der Waals surface area contributed by atoms with Crippen LogP contribution in [0.4, 0.5) is 0 Å². The first-order chi connectivity index (χ1) is 8.40. The van der Waals surface area contributed by atoms with E-state index in [-0.39, 0.29) is 5.78 Å². The topological polar surface area (TPSA) is 52.7 Å². The fourth-order valence-electron chi connectivity index (χ4n) is 2.33. The highest BCUT2D eigenvalue weighted by Gasteiger charge is 2.16. The lowest BCUT2D eigenvalue weighted by molar-refractivity contribution is 0.101. The largest absolute Gasteiger partial charge is 0.294 e. The van der Waals surface area contributed by atoms with E-state index in [4.69, 9.17) is 0 Å².